The molecule has 0 saturated heterocycles. The number of benzene rings is 2. The molecule has 0 aliphatic heterocycles. The summed E-state index contributed by atoms with van der Waals surface area (Å²) in [6.07, 6.45) is 1.94. The van der Waals surface area contributed by atoms with Crippen molar-refractivity contribution < 1.29 is 27.5 Å². The number of hydrogen-bond donors (Lipinski definition) is 2. The SMILES string of the molecule is CCOC(=O)C(NC(=O)C(Cc1ccccc1)n1cc(COc2ccc3nc(S(N)(=O)=O)sc3c2)nn1)C(C)C. The lowest BCUT2D eigenvalue weighted by Crippen LogP contribution is -2.48. The lowest BCUT2D eigenvalue weighted by molar-refractivity contribution is -0.149. The van der Waals surface area contributed by atoms with Gasteiger partial charge in [0.25, 0.3) is 10.0 Å². The Labute approximate surface area is 235 Å². The number of primary sulfonamides is 1. The maximum absolute atomic E-state index is 13.5. The monoisotopic (exact) mass is 586 g/mol. The third kappa shape index (κ3) is 7.20. The molecule has 0 saturated carbocycles. The van der Waals surface area contributed by atoms with Gasteiger partial charge in [-0.1, -0.05) is 49.4 Å². The Morgan fingerprint density at radius 1 is 1.15 bits per heavy atom. The van der Waals surface area contributed by atoms with E-state index in [2.05, 4.69) is 20.6 Å². The molecular formula is C26H30N6O6S2. The first-order valence-corrected chi connectivity index (χ1v) is 14.9. The molecule has 4 aromatic rings. The highest BCUT2D eigenvalue weighted by Crippen LogP contribution is 2.28. The number of carbonyl (C=O) groups excluding carboxylic acids is 2. The summed E-state index contributed by atoms with van der Waals surface area (Å²) >= 11 is 0.950. The fourth-order valence-electron chi connectivity index (χ4n) is 3.91. The number of esters is 1. The third-order valence-electron chi connectivity index (χ3n) is 5.93. The second-order valence-corrected chi connectivity index (χ2v) is 12.1. The van der Waals surface area contributed by atoms with Crippen molar-refractivity contribution in [2.45, 2.75) is 50.2 Å². The van der Waals surface area contributed by atoms with Crippen LogP contribution in [0.1, 0.15) is 38.1 Å². The highest BCUT2D eigenvalue weighted by Gasteiger charge is 2.30. The zero-order chi connectivity index (χ0) is 28.9. The van der Waals surface area contributed by atoms with Gasteiger partial charge in [0.2, 0.25) is 10.2 Å². The molecule has 2 aromatic carbocycles. The summed E-state index contributed by atoms with van der Waals surface area (Å²) in [4.78, 5) is 30.0. The molecular weight excluding hydrogens is 556 g/mol. The van der Waals surface area contributed by atoms with E-state index in [1.807, 2.05) is 44.2 Å². The van der Waals surface area contributed by atoms with E-state index < -0.39 is 34.0 Å². The predicted octanol–water partition coefficient (Wildman–Crippen LogP) is 2.60. The van der Waals surface area contributed by atoms with E-state index in [9.17, 15) is 18.0 Å². The zero-order valence-electron chi connectivity index (χ0n) is 22.2. The van der Waals surface area contributed by atoms with Gasteiger partial charge < -0.3 is 14.8 Å². The fraction of sp³-hybridized carbons (Fsp3) is 0.346. The first kappa shape index (κ1) is 29.1. The summed E-state index contributed by atoms with van der Waals surface area (Å²) in [6, 6.07) is 12.8. The van der Waals surface area contributed by atoms with E-state index in [1.54, 1.807) is 31.3 Å². The van der Waals surface area contributed by atoms with Crippen LogP contribution in [0.2, 0.25) is 0 Å². The molecule has 0 spiro atoms. The number of nitrogens with one attached hydrogen (secondary N) is 1. The number of thiazole rings is 1. The van der Waals surface area contributed by atoms with E-state index in [1.165, 1.54) is 4.68 Å². The summed E-state index contributed by atoms with van der Waals surface area (Å²) in [6.45, 7) is 5.63. The molecule has 0 aliphatic carbocycles. The Morgan fingerprint density at radius 3 is 2.58 bits per heavy atom. The number of nitrogens with two attached hydrogens (primary N) is 1. The van der Waals surface area contributed by atoms with Gasteiger partial charge >= 0.3 is 5.97 Å². The fourth-order valence-corrected chi connectivity index (χ4v) is 5.59. The Morgan fingerprint density at radius 2 is 1.90 bits per heavy atom. The minimum Gasteiger partial charge on any atom is -0.487 e. The van der Waals surface area contributed by atoms with Crippen LogP contribution in [0.3, 0.4) is 0 Å². The van der Waals surface area contributed by atoms with Gasteiger partial charge in [-0.25, -0.2) is 28.0 Å². The van der Waals surface area contributed by atoms with Gasteiger partial charge in [-0.15, -0.1) is 16.4 Å². The van der Waals surface area contributed by atoms with Crippen LogP contribution >= 0.6 is 11.3 Å². The van der Waals surface area contributed by atoms with Gasteiger partial charge in [0.05, 0.1) is 23.0 Å². The number of hydrogen-bond acceptors (Lipinski definition) is 10. The van der Waals surface area contributed by atoms with Gasteiger partial charge in [0, 0.05) is 6.42 Å². The maximum Gasteiger partial charge on any atom is 0.328 e. The molecule has 2 unspecified atom stereocenters. The summed E-state index contributed by atoms with van der Waals surface area (Å²) in [5, 5.41) is 16.4. The average molecular weight is 587 g/mol. The Kier molecular flexibility index (Phi) is 9.12. The number of carbonyl (C=O) groups is 2. The molecule has 2 aromatic heterocycles. The van der Waals surface area contributed by atoms with E-state index >= 15 is 0 Å². The van der Waals surface area contributed by atoms with Crippen LogP contribution in [0, 0.1) is 5.92 Å². The topological polar surface area (TPSA) is 168 Å². The van der Waals surface area contributed by atoms with Crippen molar-refractivity contribution >= 4 is 43.5 Å². The molecule has 1 amide bonds. The number of rotatable bonds is 12. The quantitative estimate of drug-likeness (QED) is 0.237. The second-order valence-electron chi connectivity index (χ2n) is 9.32. The summed E-state index contributed by atoms with van der Waals surface area (Å²) in [7, 11) is -3.90. The lowest BCUT2D eigenvalue weighted by atomic mass is 10.0. The van der Waals surface area contributed by atoms with Crippen molar-refractivity contribution in [1.82, 2.24) is 25.3 Å². The van der Waals surface area contributed by atoms with E-state index in [0.29, 0.717) is 28.1 Å². The predicted molar refractivity (Wildman–Crippen MR) is 148 cm³/mol. The number of sulfonamides is 1. The highest BCUT2D eigenvalue weighted by molar-refractivity contribution is 7.91. The minimum absolute atomic E-state index is 0.0451. The molecule has 14 heteroatoms. The molecule has 12 nitrogen and oxygen atoms in total. The van der Waals surface area contributed by atoms with Crippen LogP contribution in [0.25, 0.3) is 10.2 Å². The number of ether oxygens (including phenoxy) is 2. The van der Waals surface area contributed by atoms with Crippen molar-refractivity contribution in [2.75, 3.05) is 6.61 Å². The van der Waals surface area contributed by atoms with Gasteiger partial charge in [-0.2, -0.15) is 0 Å². The Hall–Kier alpha value is -3.88. The average Bonchev–Trinajstić information content (AvgIpc) is 3.56. The lowest BCUT2D eigenvalue weighted by Gasteiger charge is -2.24. The van der Waals surface area contributed by atoms with Crippen LogP contribution in [0.5, 0.6) is 5.75 Å². The normalized spacial score (nSPS) is 13.2. The van der Waals surface area contributed by atoms with E-state index in [0.717, 1.165) is 16.9 Å². The van der Waals surface area contributed by atoms with Gasteiger partial charge in [0.15, 0.2) is 0 Å². The maximum atomic E-state index is 13.5. The van der Waals surface area contributed by atoms with Crippen LogP contribution in [0.4, 0.5) is 0 Å². The van der Waals surface area contributed by atoms with Crippen molar-refractivity contribution in [1.29, 1.82) is 0 Å². The van der Waals surface area contributed by atoms with Crippen LogP contribution in [-0.2, 0) is 37.4 Å². The zero-order valence-corrected chi connectivity index (χ0v) is 23.8. The number of nitrogens with zero attached hydrogens (tertiary/aromatic N) is 4. The molecule has 4 rings (SSSR count). The van der Waals surface area contributed by atoms with Crippen molar-refractivity contribution in [3.05, 3.63) is 66.0 Å². The van der Waals surface area contributed by atoms with Crippen molar-refractivity contribution in [2.24, 2.45) is 11.1 Å². The number of amides is 1. The molecule has 2 heterocycles. The molecule has 0 radical (unpaired) electrons. The van der Waals surface area contributed by atoms with E-state index in [-0.39, 0.29) is 23.5 Å². The Bertz CT molecular complexity index is 1590. The highest BCUT2D eigenvalue weighted by atomic mass is 32.2. The summed E-state index contributed by atoms with van der Waals surface area (Å²) in [5.41, 5.74) is 1.86. The summed E-state index contributed by atoms with van der Waals surface area (Å²) in [5.74, 6) is -0.600. The van der Waals surface area contributed by atoms with Gasteiger partial charge in [0.1, 0.15) is 30.1 Å². The smallest absolute Gasteiger partial charge is 0.328 e. The minimum atomic E-state index is -3.90. The first-order chi connectivity index (χ1) is 19.0. The van der Waals surface area contributed by atoms with Crippen LogP contribution < -0.4 is 15.2 Å². The molecule has 0 fully saturated rings. The molecule has 0 bridgehead atoms. The first-order valence-electron chi connectivity index (χ1n) is 12.5. The number of aromatic nitrogens is 4. The van der Waals surface area contributed by atoms with Crippen molar-refractivity contribution in [3.8, 4) is 5.75 Å². The second kappa shape index (κ2) is 12.5. The van der Waals surface area contributed by atoms with Crippen LogP contribution in [0.15, 0.2) is 59.1 Å². The van der Waals surface area contributed by atoms with Crippen LogP contribution in [-0.4, -0.2) is 52.9 Å². The van der Waals surface area contributed by atoms with E-state index in [4.69, 9.17) is 14.6 Å². The molecule has 3 N–H and O–H groups in total. The molecule has 0 aliphatic rings. The van der Waals surface area contributed by atoms with Crippen molar-refractivity contribution in [3.63, 3.8) is 0 Å². The Balaban J connectivity index is 1.51. The standard InChI is InChI=1S/C26H30N6O6S2/c1-4-37-25(34)23(16(2)3)29-24(33)21(12-17-8-6-5-7-9-17)32-14-18(30-31-32)15-38-19-10-11-20-22(13-19)39-26(28-20)40(27,35)36/h5-11,13-14,16,21,23H,4,12,15H2,1-3H3,(H,29,33)(H2,27,35,36). The largest absolute Gasteiger partial charge is 0.487 e. The molecule has 212 valence electrons. The van der Waals surface area contributed by atoms with Gasteiger partial charge in [-0.3, -0.25) is 4.79 Å². The summed E-state index contributed by atoms with van der Waals surface area (Å²) < 4.78 is 36.1. The number of fused-ring (bicyclic) bond motifs is 1. The molecule has 2 atom stereocenters. The molecule has 40 heavy (non-hydrogen) atoms. The van der Waals surface area contributed by atoms with Gasteiger partial charge in [-0.05, 0) is 36.6 Å². The third-order valence-corrected chi connectivity index (χ3v) is 8.26.